The molecule has 1 heterocycles. The standard InChI is InChI=1S/C57H59NO16/c1-7-20-42(60)71-40-29-41-56(32-69-41,74-34(3)59)47-49(73-51(64)38-27-18-11-19-28-38)57(67)30-39(70-52(65)45(61)44(36-23-14-9-15-24-36)58-50(63)37-25-16-10-17-26-37)33(2)43(54(57,4)5)46(48(62)55(40,47)6)72-53(66)68-31-35-21-12-8-13-22-35/h7-19,21-28,39-41,44-47,49,61,67H,1,20,29-32H2,2-6H3,(H,58,63)/t39-,40-,41+,44-,45+,46+,47-,49-,55+,56-,57+/m0/s1. The fourth-order valence-corrected chi connectivity index (χ4v) is 11.3. The van der Waals surface area contributed by atoms with Crippen LogP contribution in [0.1, 0.15) is 91.8 Å². The Morgan fingerprint density at radius 1 is 0.824 bits per heavy atom. The second kappa shape index (κ2) is 21.2. The number of carbonyl (C=O) groups excluding carboxylic acids is 7. The first kappa shape index (κ1) is 52.8. The van der Waals surface area contributed by atoms with Gasteiger partial charge in [-0.3, -0.25) is 19.2 Å². The molecular weight excluding hydrogens is 955 g/mol. The molecule has 3 fully saturated rings. The average Bonchev–Trinajstić information content (AvgIpc) is 3.38. The fourth-order valence-electron chi connectivity index (χ4n) is 11.3. The van der Waals surface area contributed by atoms with Gasteiger partial charge in [0.25, 0.3) is 5.91 Å². The van der Waals surface area contributed by atoms with Crippen molar-refractivity contribution in [3.8, 4) is 0 Å². The minimum atomic E-state index is -2.52. The van der Waals surface area contributed by atoms with E-state index in [-0.39, 0.29) is 48.3 Å². The quantitative estimate of drug-likeness (QED) is 0.0642. The van der Waals surface area contributed by atoms with Crippen LogP contribution in [0.5, 0.6) is 0 Å². The van der Waals surface area contributed by atoms with E-state index in [0.29, 0.717) is 11.1 Å². The predicted molar refractivity (Wildman–Crippen MR) is 262 cm³/mol. The van der Waals surface area contributed by atoms with Gasteiger partial charge in [0.15, 0.2) is 23.6 Å². The van der Waals surface area contributed by atoms with Crippen LogP contribution in [0.15, 0.2) is 145 Å². The number of hydrogen-bond acceptors (Lipinski definition) is 16. The minimum absolute atomic E-state index is 0.0254. The lowest BCUT2D eigenvalue weighted by molar-refractivity contribution is -0.346. The Kier molecular flexibility index (Phi) is 15.1. The Balaban J connectivity index is 1.32. The van der Waals surface area contributed by atoms with Crippen molar-refractivity contribution in [2.45, 2.75) is 114 Å². The van der Waals surface area contributed by atoms with Crippen LogP contribution in [0.4, 0.5) is 4.79 Å². The molecule has 2 bridgehead atoms. The number of hydrogen-bond donors (Lipinski definition) is 3. The van der Waals surface area contributed by atoms with Crippen molar-refractivity contribution < 1.29 is 76.9 Å². The summed E-state index contributed by atoms with van der Waals surface area (Å²) >= 11 is 0. The van der Waals surface area contributed by atoms with Gasteiger partial charge in [-0.1, -0.05) is 117 Å². The van der Waals surface area contributed by atoms with Gasteiger partial charge in [0, 0.05) is 30.7 Å². The van der Waals surface area contributed by atoms with Crippen LogP contribution >= 0.6 is 0 Å². The number of carbonyl (C=O) groups is 7. The molecule has 1 amide bonds. The number of aliphatic hydroxyl groups excluding tert-OH is 1. The Hall–Kier alpha value is -7.47. The third kappa shape index (κ3) is 9.74. The van der Waals surface area contributed by atoms with Crippen LogP contribution in [0.2, 0.25) is 0 Å². The van der Waals surface area contributed by atoms with E-state index < -0.39 is 119 Å². The number of ketones is 1. The van der Waals surface area contributed by atoms with E-state index in [1.54, 1.807) is 109 Å². The molecule has 3 N–H and O–H groups in total. The largest absolute Gasteiger partial charge is 0.509 e. The van der Waals surface area contributed by atoms with Crippen molar-refractivity contribution in [1.82, 2.24) is 5.32 Å². The summed E-state index contributed by atoms with van der Waals surface area (Å²) in [6.07, 6.45) is -11.5. The first-order chi connectivity index (χ1) is 35.3. The Morgan fingerprint density at radius 3 is 2.00 bits per heavy atom. The van der Waals surface area contributed by atoms with E-state index in [4.69, 9.17) is 33.2 Å². The van der Waals surface area contributed by atoms with Crippen molar-refractivity contribution in [2.75, 3.05) is 6.61 Å². The van der Waals surface area contributed by atoms with E-state index in [0.717, 1.165) is 6.92 Å². The van der Waals surface area contributed by atoms with Gasteiger partial charge >= 0.3 is 30.0 Å². The van der Waals surface area contributed by atoms with Crippen molar-refractivity contribution in [3.05, 3.63) is 167 Å². The van der Waals surface area contributed by atoms with E-state index in [9.17, 15) is 39.0 Å². The molecule has 1 aliphatic heterocycles. The van der Waals surface area contributed by atoms with Crippen LogP contribution in [-0.2, 0) is 58.9 Å². The third-order valence-corrected chi connectivity index (χ3v) is 15.2. The highest BCUT2D eigenvalue weighted by Gasteiger charge is 2.79. The van der Waals surface area contributed by atoms with Crippen LogP contribution < -0.4 is 5.32 Å². The summed E-state index contributed by atoms with van der Waals surface area (Å²) < 4.78 is 43.0. The molecule has 17 nitrogen and oxygen atoms in total. The molecule has 8 rings (SSSR count). The van der Waals surface area contributed by atoms with E-state index in [1.165, 1.54) is 45.9 Å². The predicted octanol–water partition coefficient (Wildman–Crippen LogP) is 6.65. The average molecular weight is 1010 g/mol. The zero-order valence-electron chi connectivity index (χ0n) is 41.6. The van der Waals surface area contributed by atoms with E-state index in [2.05, 4.69) is 11.9 Å². The summed E-state index contributed by atoms with van der Waals surface area (Å²) in [6, 6.07) is 31.4. The van der Waals surface area contributed by atoms with Crippen LogP contribution in [-0.4, -0.2) is 106 Å². The number of rotatable bonds is 15. The molecule has 3 aliphatic carbocycles. The van der Waals surface area contributed by atoms with Gasteiger partial charge in [0.05, 0.1) is 36.0 Å². The minimum Gasteiger partial charge on any atom is -0.461 e. The third-order valence-electron chi connectivity index (χ3n) is 15.2. The topological polar surface area (TPSA) is 237 Å². The lowest BCUT2D eigenvalue weighted by atomic mass is 9.44. The molecule has 74 heavy (non-hydrogen) atoms. The SMILES string of the molecule is C=CCC(=O)O[C@H]1C[C@H]2OC[C@@]2(OC(C)=O)[C@H]2[C@H](OC(=O)c3ccccc3)[C@]3(O)C[C@H](OC(=O)[C@H](O)[C@@H](NC(=O)c4ccccc4)c4ccccc4)C(C)=C([C@@H](OC(=O)OCc4ccccc4)C(=O)[C@]12C)C3(C)C. The number of esters is 4. The second-order valence-corrected chi connectivity index (χ2v) is 19.8. The van der Waals surface area contributed by atoms with Crippen molar-refractivity contribution in [3.63, 3.8) is 0 Å². The maximum absolute atomic E-state index is 16.4. The summed E-state index contributed by atoms with van der Waals surface area (Å²) in [7, 11) is 0. The van der Waals surface area contributed by atoms with Gasteiger partial charge in [-0.2, -0.15) is 0 Å². The fraction of sp³-hybridized carbons (Fsp3) is 0.386. The van der Waals surface area contributed by atoms with Crippen molar-refractivity contribution in [2.24, 2.45) is 16.7 Å². The lowest BCUT2D eigenvalue weighted by Crippen LogP contribution is -2.82. The molecule has 4 aliphatic rings. The van der Waals surface area contributed by atoms with Gasteiger partial charge in [0.2, 0.25) is 0 Å². The normalized spacial score (nSPS) is 28.3. The Labute approximate surface area is 427 Å². The highest BCUT2D eigenvalue weighted by Crippen LogP contribution is 2.65. The number of benzene rings is 4. The molecule has 0 aromatic heterocycles. The number of ether oxygens (including phenoxy) is 7. The summed E-state index contributed by atoms with van der Waals surface area (Å²) in [5, 5.41) is 28.9. The van der Waals surface area contributed by atoms with Crippen LogP contribution in [0, 0.1) is 16.7 Å². The first-order valence-corrected chi connectivity index (χ1v) is 24.3. The number of fused-ring (bicyclic) bond motifs is 5. The second-order valence-electron chi connectivity index (χ2n) is 19.8. The molecular formula is C57H59NO16. The number of amides is 1. The molecule has 0 unspecified atom stereocenters. The maximum atomic E-state index is 16.4. The Bertz CT molecular complexity index is 2820. The van der Waals surface area contributed by atoms with E-state index in [1.807, 2.05) is 0 Å². The zero-order chi connectivity index (χ0) is 53.2. The molecule has 0 radical (unpaired) electrons. The van der Waals surface area contributed by atoms with Gasteiger partial charge in [-0.25, -0.2) is 14.4 Å². The lowest BCUT2D eigenvalue weighted by Gasteiger charge is -2.67. The van der Waals surface area contributed by atoms with Gasteiger partial charge < -0.3 is 48.7 Å². The van der Waals surface area contributed by atoms with Crippen LogP contribution in [0.3, 0.4) is 0 Å². The molecule has 0 spiro atoms. The summed E-state index contributed by atoms with van der Waals surface area (Å²) in [6.45, 7) is 10.1. The molecule has 4 aromatic rings. The van der Waals surface area contributed by atoms with Gasteiger partial charge in [0.1, 0.15) is 36.6 Å². The summed E-state index contributed by atoms with van der Waals surface area (Å²) in [5.41, 5.74) is -7.27. The number of aliphatic hydroxyl groups is 2. The molecule has 17 heteroatoms. The monoisotopic (exact) mass is 1010 g/mol. The molecule has 1 saturated heterocycles. The molecule has 2 saturated carbocycles. The highest BCUT2D eigenvalue weighted by atomic mass is 16.7. The number of Topliss-reactive ketones (excluding diaryl/α,β-unsaturated/α-hetero) is 1. The van der Waals surface area contributed by atoms with Gasteiger partial charge in [-0.15, -0.1) is 6.58 Å². The summed E-state index contributed by atoms with van der Waals surface area (Å²) in [5.74, 6) is -7.15. The zero-order valence-corrected chi connectivity index (χ0v) is 41.6. The van der Waals surface area contributed by atoms with Crippen molar-refractivity contribution >= 4 is 41.7 Å². The highest BCUT2D eigenvalue weighted by molar-refractivity contribution is 5.96. The first-order valence-electron chi connectivity index (χ1n) is 24.3. The van der Waals surface area contributed by atoms with Crippen molar-refractivity contribution in [1.29, 1.82) is 0 Å². The van der Waals surface area contributed by atoms with E-state index >= 15 is 4.79 Å². The summed E-state index contributed by atoms with van der Waals surface area (Å²) in [4.78, 5) is 100. The number of nitrogens with one attached hydrogen (secondary N) is 1. The maximum Gasteiger partial charge on any atom is 0.509 e. The smallest absolute Gasteiger partial charge is 0.461 e. The Morgan fingerprint density at radius 2 is 1.42 bits per heavy atom. The molecule has 11 atom stereocenters. The molecule has 388 valence electrons. The van der Waals surface area contributed by atoms with Crippen LogP contribution in [0.25, 0.3) is 0 Å². The molecule has 4 aromatic carbocycles. The van der Waals surface area contributed by atoms with Gasteiger partial charge in [-0.05, 0) is 60.4 Å².